The summed E-state index contributed by atoms with van der Waals surface area (Å²) in [5, 5.41) is 4.54. The van der Waals surface area contributed by atoms with Crippen LogP contribution in [0.5, 0.6) is 0 Å². The first-order chi connectivity index (χ1) is 11.5. The Kier molecular flexibility index (Phi) is 4.66. The van der Waals surface area contributed by atoms with E-state index in [2.05, 4.69) is 26.2 Å². The van der Waals surface area contributed by atoms with E-state index in [1.165, 1.54) is 0 Å². The quantitative estimate of drug-likeness (QED) is 0.870. The van der Waals surface area contributed by atoms with Crippen molar-refractivity contribution in [2.45, 2.75) is 20.3 Å². The number of hydrogen-bond acceptors (Lipinski definition) is 3. The molecule has 0 radical (unpaired) electrons. The van der Waals surface area contributed by atoms with Gasteiger partial charge in [-0.15, -0.1) is 0 Å². The van der Waals surface area contributed by atoms with Crippen molar-refractivity contribution in [3.8, 4) is 0 Å². The lowest BCUT2D eigenvalue weighted by molar-refractivity contribution is -0.120. The molecule has 0 saturated carbocycles. The number of rotatable bonds is 4. The van der Waals surface area contributed by atoms with Gasteiger partial charge in [-0.2, -0.15) is 0 Å². The highest BCUT2D eigenvalue weighted by Gasteiger charge is 2.20. The van der Waals surface area contributed by atoms with E-state index in [4.69, 9.17) is 4.42 Å². The zero-order chi connectivity index (χ0) is 17.3. The molecule has 0 aliphatic carbocycles. The molecule has 1 aromatic carbocycles. The van der Waals surface area contributed by atoms with E-state index >= 15 is 0 Å². The van der Waals surface area contributed by atoms with Crippen LogP contribution in [0.25, 0.3) is 6.08 Å². The number of fused-ring (bicyclic) bond motifs is 1. The third-order valence-electron chi connectivity index (χ3n) is 4.08. The molecule has 0 fully saturated rings. The Morgan fingerprint density at radius 1 is 1.25 bits per heavy atom. The van der Waals surface area contributed by atoms with Crippen molar-refractivity contribution in [3.05, 3.63) is 56.4 Å². The minimum atomic E-state index is -0.318. The molecule has 0 spiro atoms. The molecule has 5 nitrogen and oxygen atoms in total. The van der Waals surface area contributed by atoms with Gasteiger partial charge in [0, 0.05) is 11.8 Å². The highest BCUT2D eigenvalue weighted by molar-refractivity contribution is 9.10. The number of nitrogens with zero attached hydrogens (tertiary/aromatic N) is 1. The van der Waals surface area contributed by atoms with Crippen LogP contribution in [0.2, 0.25) is 0 Å². The Bertz CT molecular complexity index is 930. The highest BCUT2D eigenvalue weighted by atomic mass is 79.9. The molecule has 1 aromatic heterocycles. The second-order valence-electron chi connectivity index (χ2n) is 5.83. The zero-order valence-corrected chi connectivity index (χ0v) is 15.0. The van der Waals surface area contributed by atoms with Crippen LogP contribution < -0.4 is 15.9 Å². The average Bonchev–Trinajstić information content (AvgIpc) is 2.98. The first kappa shape index (κ1) is 16.6. The second kappa shape index (κ2) is 6.73. The first-order valence-electron chi connectivity index (χ1n) is 7.70. The van der Waals surface area contributed by atoms with Gasteiger partial charge >= 0.3 is 0 Å². The number of aryl methyl sites for hydroxylation is 2. The Morgan fingerprint density at radius 3 is 2.71 bits per heavy atom. The summed E-state index contributed by atoms with van der Waals surface area (Å²) in [7, 11) is 0. The minimum Gasteiger partial charge on any atom is -0.444 e. The van der Waals surface area contributed by atoms with Gasteiger partial charge in [0.05, 0.1) is 11.3 Å². The van der Waals surface area contributed by atoms with Crippen LogP contribution in [0.4, 0.5) is 0 Å². The second-order valence-corrected chi connectivity index (χ2v) is 6.61. The van der Waals surface area contributed by atoms with E-state index in [0.29, 0.717) is 17.6 Å². The summed E-state index contributed by atoms with van der Waals surface area (Å²) in [6, 6.07) is 7.26. The van der Waals surface area contributed by atoms with Crippen LogP contribution in [0, 0.1) is 19.8 Å². The molecule has 1 aliphatic heterocycles. The van der Waals surface area contributed by atoms with Gasteiger partial charge in [0.1, 0.15) is 0 Å². The molecule has 1 aliphatic rings. The van der Waals surface area contributed by atoms with Gasteiger partial charge in [0.25, 0.3) is 11.8 Å². The normalized spacial score (nSPS) is 16.1. The maximum Gasteiger partial charge on any atom is 0.287 e. The van der Waals surface area contributed by atoms with Gasteiger partial charge in [-0.1, -0.05) is 18.2 Å². The molecule has 0 bridgehead atoms. The third kappa shape index (κ3) is 3.33. The highest BCUT2D eigenvalue weighted by Crippen LogP contribution is 2.14. The van der Waals surface area contributed by atoms with Crippen molar-refractivity contribution >= 4 is 33.8 Å². The lowest BCUT2D eigenvalue weighted by atomic mass is 9.97. The molecule has 1 unspecified atom stereocenters. The van der Waals surface area contributed by atoms with Crippen molar-refractivity contribution in [1.82, 2.24) is 5.32 Å². The fourth-order valence-electron chi connectivity index (χ4n) is 2.71. The van der Waals surface area contributed by atoms with E-state index in [9.17, 15) is 9.59 Å². The van der Waals surface area contributed by atoms with E-state index < -0.39 is 0 Å². The summed E-state index contributed by atoms with van der Waals surface area (Å²) in [5.74, 6) is -0.538. The van der Waals surface area contributed by atoms with Crippen molar-refractivity contribution < 1.29 is 14.0 Å². The maximum absolute atomic E-state index is 12.2. The summed E-state index contributed by atoms with van der Waals surface area (Å²) in [4.78, 5) is 28.4. The molecule has 1 atom stereocenters. The Balaban J connectivity index is 1.70. The Morgan fingerprint density at radius 2 is 2.00 bits per heavy atom. The zero-order valence-electron chi connectivity index (χ0n) is 13.4. The van der Waals surface area contributed by atoms with Crippen molar-refractivity contribution in [3.63, 3.8) is 0 Å². The van der Waals surface area contributed by atoms with Gasteiger partial charge in [0.15, 0.2) is 10.4 Å². The SMILES string of the molecule is Cc1ccc(C)c2c1=CC(CCNC(=O)c1ccc(Br)o1)C(=O)N=2. The number of furan rings is 1. The van der Waals surface area contributed by atoms with Gasteiger partial charge in [0.2, 0.25) is 0 Å². The summed E-state index contributed by atoms with van der Waals surface area (Å²) < 4.78 is 5.70. The summed E-state index contributed by atoms with van der Waals surface area (Å²) in [6.45, 7) is 4.33. The van der Waals surface area contributed by atoms with E-state index in [-0.39, 0.29) is 23.5 Å². The van der Waals surface area contributed by atoms with Crippen LogP contribution in [0.3, 0.4) is 0 Å². The monoisotopic (exact) mass is 388 g/mol. The van der Waals surface area contributed by atoms with Gasteiger partial charge < -0.3 is 9.73 Å². The molecule has 1 N–H and O–H groups in total. The Labute approximate surface area is 147 Å². The smallest absolute Gasteiger partial charge is 0.287 e. The Hall–Kier alpha value is -2.21. The number of nitrogens with one attached hydrogen (secondary N) is 1. The van der Waals surface area contributed by atoms with E-state index in [0.717, 1.165) is 21.7 Å². The number of carbonyl (C=O) groups excluding carboxylic acids is 2. The fraction of sp³-hybridized carbons (Fsp3) is 0.278. The fourth-order valence-corrected chi connectivity index (χ4v) is 3.02. The predicted octanol–water partition coefficient (Wildman–Crippen LogP) is 2.04. The largest absolute Gasteiger partial charge is 0.444 e. The summed E-state index contributed by atoms with van der Waals surface area (Å²) in [6.07, 6.45) is 2.46. The number of hydrogen-bond donors (Lipinski definition) is 1. The molecule has 2 heterocycles. The van der Waals surface area contributed by atoms with Crippen molar-refractivity contribution in [2.24, 2.45) is 10.9 Å². The molecule has 24 heavy (non-hydrogen) atoms. The predicted molar refractivity (Wildman–Crippen MR) is 93.0 cm³/mol. The van der Waals surface area contributed by atoms with Gasteiger partial charge in [-0.3, -0.25) is 9.59 Å². The molecule has 124 valence electrons. The van der Waals surface area contributed by atoms with Crippen LogP contribution in [-0.4, -0.2) is 18.4 Å². The molecule has 2 amide bonds. The summed E-state index contributed by atoms with van der Waals surface area (Å²) in [5.41, 5.74) is 2.09. The third-order valence-corrected chi connectivity index (χ3v) is 4.51. The number of halogens is 1. The van der Waals surface area contributed by atoms with E-state index in [1.807, 2.05) is 32.1 Å². The molecule has 6 heteroatoms. The molecular weight excluding hydrogens is 372 g/mol. The van der Waals surface area contributed by atoms with Gasteiger partial charge in [-0.25, -0.2) is 4.99 Å². The topological polar surface area (TPSA) is 71.7 Å². The minimum absolute atomic E-state index is 0.161. The first-order valence-corrected chi connectivity index (χ1v) is 8.49. The number of carbonyl (C=O) groups is 2. The van der Waals surface area contributed by atoms with E-state index in [1.54, 1.807) is 12.1 Å². The lowest BCUT2D eigenvalue weighted by Crippen LogP contribution is -2.38. The van der Waals surface area contributed by atoms with Crippen molar-refractivity contribution in [2.75, 3.05) is 6.54 Å². The van der Waals surface area contributed by atoms with Crippen LogP contribution in [-0.2, 0) is 4.79 Å². The molecule has 2 aromatic rings. The number of benzene rings is 1. The molecular formula is C18H17BrN2O3. The van der Waals surface area contributed by atoms with Crippen LogP contribution in [0.15, 0.2) is 38.3 Å². The van der Waals surface area contributed by atoms with Crippen molar-refractivity contribution in [1.29, 1.82) is 0 Å². The average molecular weight is 389 g/mol. The summed E-state index contributed by atoms with van der Waals surface area (Å²) >= 11 is 3.16. The standard InChI is InChI=1S/C18H17BrN2O3/c1-10-3-4-11(2)16-13(10)9-12(17(22)21-16)7-8-20-18(23)14-5-6-15(19)24-14/h3-6,9,12H,7-8H2,1-2H3,(H,20,23). The molecule has 3 rings (SSSR count). The lowest BCUT2D eigenvalue weighted by Gasteiger charge is -2.14. The maximum atomic E-state index is 12.2. The molecule has 0 saturated heterocycles. The van der Waals surface area contributed by atoms with Crippen LogP contribution >= 0.6 is 15.9 Å². The van der Waals surface area contributed by atoms with Gasteiger partial charge in [-0.05, 0) is 59.5 Å². The van der Waals surface area contributed by atoms with Crippen LogP contribution in [0.1, 0.15) is 28.1 Å². The number of amides is 2.